The molecule has 3 rings (SSSR count). The number of hydrogen-bond acceptors (Lipinski definition) is 4. The van der Waals surface area contributed by atoms with E-state index in [-0.39, 0.29) is 5.91 Å². The summed E-state index contributed by atoms with van der Waals surface area (Å²) in [5.74, 6) is 1.30. The zero-order chi connectivity index (χ0) is 17.6. The van der Waals surface area contributed by atoms with Crippen molar-refractivity contribution >= 4 is 29.3 Å². The van der Waals surface area contributed by atoms with Gasteiger partial charge in [-0.05, 0) is 25.0 Å². The van der Waals surface area contributed by atoms with Crippen LogP contribution in [0.15, 0.2) is 29.4 Å². The van der Waals surface area contributed by atoms with Crippen molar-refractivity contribution in [3.63, 3.8) is 0 Å². The molecule has 2 heterocycles. The molecule has 0 spiro atoms. The zero-order valence-corrected chi connectivity index (χ0v) is 16.0. The summed E-state index contributed by atoms with van der Waals surface area (Å²) < 4.78 is 1.90. The smallest absolute Gasteiger partial charge is 0.233 e. The SMILES string of the molecule is Cn1c(SCC(=O)N2CCCCCCC2)nnc1-c1ccccc1Cl. The number of carbonyl (C=O) groups is 1. The molecule has 0 N–H and O–H groups in total. The molecular formula is C18H23ClN4OS. The van der Waals surface area contributed by atoms with Crippen LogP contribution in [0.1, 0.15) is 32.1 Å². The molecule has 0 bridgehead atoms. The maximum atomic E-state index is 12.5. The van der Waals surface area contributed by atoms with Gasteiger partial charge in [-0.25, -0.2) is 0 Å². The number of amides is 1. The third-order valence-electron chi connectivity index (χ3n) is 4.48. The molecule has 5 nitrogen and oxygen atoms in total. The van der Waals surface area contributed by atoms with E-state index in [2.05, 4.69) is 10.2 Å². The monoisotopic (exact) mass is 378 g/mol. The number of carbonyl (C=O) groups excluding carboxylic acids is 1. The lowest BCUT2D eigenvalue weighted by molar-refractivity contribution is -0.128. The Morgan fingerprint density at radius 1 is 1.12 bits per heavy atom. The lowest BCUT2D eigenvalue weighted by Crippen LogP contribution is -2.35. The fraction of sp³-hybridized carbons (Fsp3) is 0.500. The van der Waals surface area contributed by atoms with Crippen molar-refractivity contribution in [1.82, 2.24) is 19.7 Å². The van der Waals surface area contributed by atoms with Gasteiger partial charge < -0.3 is 9.47 Å². The Hall–Kier alpha value is -1.53. The summed E-state index contributed by atoms with van der Waals surface area (Å²) >= 11 is 7.69. The van der Waals surface area contributed by atoms with E-state index in [1.54, 1.807) is 0 Å². The van der Waals surface area contributed by atoms with Gasteiger partial charge in [0.1, 0.15) is 0 Å². The van der Waals surface area contributed by atoms with Gasteiger partial charge in [-0.3, -0.25) is 4.79 Å². The van der Waals surface area contributed by atoms with E-state index in [1.165, 1.54) is 31.0 Å². The number of rotatable bonds is 4. The zero-order valence-electron chi connectivity index (χ0n) is 14.4. The number of halogens is 1. The molecule has 1 aromatic carbocycles. The van der Waals surface area contributed by atoms with Gasteiger partial charge in [-0.1, -0.05) is 54.8 Å². The van der Waals surface area contributed by atoms with Gasteiger partial charge in [0.2, 0.25) is 5.91 Å². The third kappa shape index (κ3) is 4.55. The van der Waals surface area contributed by atoms with E-state index in [1.807, 2.05) is 40.8 Å². The second kappa shape index (κ2) is 8.72. The first-order chi connectivity index (χ1) is 12.2. The molecule has 0 atom stereocenters. The fourth-order valence-corrected chi connectivity index (χ4v) is 4.07. The number of nitrogens with zero attached hydrogens (tertiary/aromatic N) is 4. The normalized spacial score (nSPS) is 15.7. The molecular weight excluding hydrogens is 356 g/mol. The Balaban J connectivity index is 1.64. The average molecular weight is 379 g/mol. The standard InChI is InChI=1S/C18H23ClN4OS/c1-22-17(14-9-5-6-10-15(14)19)20-21-18(22)25-13-16(24)23-11-7-3-2-4-8-12-23/h5-6,9-10H,2-4,7-8,11-13H2,1H3. The van der Waals surface area contributed by atoms with Crippen molar-refractivity contribution in [2.75, 3.05) is 18.8 Å². The van der Waals surface area contributed by atoms with Gasteiger partial charge in [0.15, 0.2) is 11.0 Å². The Bertz CT molecular complexity index is 726. The van der Waals surface area contributed by atoms with Crippen LogP contribution in [0.2, 0.25) is 5.02 Å². The fourth-order valence-electron chi connectivity index (χ4n) is 3.03. The first-order valence-corrected chi connectivity index (χ1v) is 10.1. The number of thioether (sulfide) groups is 1. The maximum Gasteiger partial charge on any atom is 0.233 e. The minimum atomic E-state index is 0.189. The first kappa shape index (κ1) is 18.3. The Morgan fingerprint density at radius 2 is 1.80 bits per heavy atom. The van der Waals surface area contributed by atoms with Crippen molar-refractivity contribution in [2.45, 2.75) is 37.3 Å². The van der Waals surface area contributed by atoms with E-state index >= 15 is 0 Å². The minimum absolute atomic E-state index is 0.189. The van der Waals surface area contributed by atoms with Crippen LogP contribution in [-0.4, -0.2) is 44.4 Å². The highest BCUT2D eigenvalue weighted by molar-refractivity contribution is 7.99. The summed E-state index contributed by atoms with van der Waals surface area (Å²) in [4.78, 5) is 14.5. The van der Waals surface area contributed by atoms with Crippen LogP contribution in [-0.2, 0) is 11.8 Å². The van der Waals surface area contributed by atoms with E-state index < -0.39 is 0 Å². The minimum Gasteiger partial charge on any atom is -0.342 e. The van der Waals surface area contributed by atoms with Crippen molar-refractivity contribution in [3.05, 3.63) is 29.3 Å². The molecule has 0 saturated carbocycles. The molecule has 1 fully saturated rings. The Labute approximate surface area is 157 Å². The third-order valence-corrected chi connectivity index (χ3v) is 5.82. The summed E-state index contributed by atoms with van der Waals surface area (Å²) in [6, 6.07) is 7.57. The van der Waals surface area contributed by atoms with Crippen LogP contribution >= 0.6 is 23.4 Å². The Morgan fingerprint density at radius 3 is 2.52 bits per heavy atom. The number of aromatic nitrogens is 3. The average Bonchev–Trinajstić information content (AvgIpc) is 2.93. The maximum absolute atomic E-state index is 12.5. The van der Waals surface area contributed by atoms with Crippen molar-refractivity contribution < 1.29 is 4.79 Å². The summed E-state index contributed by atoms with van der Waals surface area (Å²) in [5, 5.41) is 9.85. The molecule has 25 heavy (non-hydrogen) atoms. The highest BCUT2D eigenvalue weighted by Crippen LogP contribution is 2.28. The molecule has 1 aromatic heterocycles. The van der Waals surface area contributed by atoms with Gasteiger partial charge in [0.25, 0.3) is 0 Å². The lowest BCUT2D eigenvalue weighted by Gasteiger charge is -2.24. The molecule has 7 heteroatoms. The van der Waals surface area contributed by atoms with Crippen LogP contribution in [0.25, 0.3) is 11.4 Å². The molecule has 2 aromatic rings. The van der Waals surface area contributed by atoms with E-state index in [4.69, 9.17) is 11.6 Å². The number of hydrogen-bond donors (Lipinski definition) is 0. The molecule has 0 aliphatic carbocycles. The summed E-state index contributed by atoms with van der Waals surface area (Å²) in [5.41, 5.74) is 0.848. The second-order valence-electron chi connectivity index (χ2n) is 6.28. The van der Waals surface area contributed by atoms with Gasteiger partial charge in [-0.2, -0.15) is 0 Å². The van der Waals surface area contributed by atoms with Crippen LogP contribution in [0, 0.1) is 0 Å². The molecule has 0 unspecified atom stereocenters. The summed E-state index contributed by atoms with van der Waals surface area (Å²) in [6.07, 6.45) is 5.96. The van der Waals surface area contributed by atoms with E-state index in [0.29, 0.717) is 16.6 Å². The quantitative estimate of drug-likeness (QED) is 0.754. The van der Waals surface area contributed by atoms with Crippen LogP contribution < -0.4 is 0 Å². The number of likely N-dealkylation sites (tertiary alicyclic amines) is 1. The highest BCUT2D eigenvalue weighted by Gasteiger charge is 2.18. The van der Waals surface area contributed by atoms with E-state index in [9.17, 15) is 4.79 Å². The Kier molecular flexibility index (Phi) is 6.37. The molecule has 134 valence electrons. The van der Waals surface area contributed by atoms with Gasteiger partial charge in [0.05, 0.1) is 10.8 Å². The predicted octanol–water partition coefficient (Wildman–Crippen LogP) is 4.02. The van der Waals surface area contributed by atoms with Gasteiger partial charge >= 0.3 is 0 Å². The summed E-state index contributed by atoms with van der Waals surface area (Å²) in [6.45, 7) is 1.76. The van der Waals surface area contributed by atoms with Crippen molar-refractivity contribution in [2.24, 2.45) is 7.05 Å². The van der Waals surface area contributed by atoms with Gasteiger partial charge in [0, 0.05) is 25.7 Å². The van der Waals surface area contributed by atoms with Crippen molar-refractivity contribution in [3.8, 4) is 11.4 Å². The topological polar surface area (TPSA) is 51.0 Å². The molecule has 1 aliphatic rings. The largest absolute Gasteiger partial charge is 0.342 e. The summed E-state index contributed by atoms with van der Waals surface area (Å²) in [7, 11) is 1.90. The molecule has 0 radical (unpaired) electrons. The van der Waals surface area contributed by atoms with E-state index in [0.717, 1.165) is 36.7 Å². The van der Waals surface area contributed by atoms with Gasteiger partial charge in [-0.15, -0.1) is 10.2 Å². The molecule has 1 amide bonds. The van der Waals surface area contributed by atoms with Crippen molar-refractivity contribution in [1.29, 1.82) is 0 Å². The molecule has 1 saturated heterocycles. The molecule has 1 aliphatic heterocycles. The highest BCUT2D eigenvalue weighted by atomic mass is 35.5. The lowest BCUT2D eigenvalue weighted by atomic mass is 10.1. The van der Waals surface area contributed by atoms with Crippen LogP contribution in [0.4, 0.5) is 0 Å². The first-order valence-electron chi connectivity index (χ1n) is 8.71. The van der Waals surface area contributed by atoms with Crippen LogP contribution in [0.3, 0.4) is 0 Å². The number of benzene rings is 1. The van der Waals surface area contributed by atoms with Crippen LogP contribution in [0.5, 0.6) is 0 Å². The second-order valence-corrected chi connectivity index (χ2v) is 7.63. The predicted molar refractivity (Wildman–Crippen MR) is 102 cm³/mol.